The minimum absolute atomic E-state index is 0.0796. The average Bonchev–Trinajstić information content (AvgIpc) is 2.59. The molecule has 0 aromatic carbocycles. The van der Waals surface area contributed by atoms with E-state index >= 15 is 0 Å². The Bertz CT molecular complexity index is 707. The van der Waals surface area contributed by atoms with Gasteiger partial charge in [0.2, 0.25) is 11.6 Å². The minimum Gasteiger partial charge on any atom is -0.493 e. The molecule has 0 N–H and O–H groups in total. The first-order valence-corrected chi connectivity index (χ1v) is 7.58. The number of Topliss-reactive ketones (excluding diaryl/α,β-unsaturated/α-hetero) is 1. The van der Waals surface area contributed by atoms with Crippen LogP contribution in [0.1, 0.15) is 0 Å². The topological polar surface area (TPSA) is 82.1 Å². The molecule has 0 atom stereocenters. The average molecular weight is 331 g/mol. The van der Waals surface area contributed by atoms with Crippen LogP contribution >= 0.6 is 0 Å². The summed E-state index contributed by atoms with van der Waals surface area (Å²) in [7, 11) is 1.36. The maximum atomic E-state index is 12.1. The van der Waals surface area contributed by atoms with Gasteiger partial charge < -0.3 is 14.2 Å². The van der Waals surface area contributed by atoms with Crippen molar-refractivity contribution in [2.24, 2.45) is 0 Å². The third kappa shape index (κ3) is 3.37. The molecule has 0 saturated carbocycles. The van der Waals surface area contributed by atoms with Crippen molar-refractivity contribution >= 4 is 17.3 Å². The third-order valence-electron chi connectivity index (χ3n) is 3.86. The molecule has 0 unspecified atom stereocenters. The summed E-state index contributed by atoms with van der Waals surface area (Å²) >= 11 is 0. The molecule has 126 valence electrons. The van der Waals surface area contributed by atoms with Gasteiger partial charge in [0.25, 0.3) is 5.78 Å². The summed E-state index contributed by atoms with van der Waals surface area (Å²) in [5.41, 5.74) is 0.345. The van der Waals surface area contributed by atoms with Crippen LogP contribution in [0.2, 0.25) is 0 Å². The summed E-state index contributed by atoms with van der Waals surface area (Å²) in [6.07, 6.45) is 5.35. The van der Waals surface area contributed by atoms with Gasteiger partial charge in [0.15, 0.2) is 11.5 Å². The Hall–Kier alpha value is -2.51. The lowest BCUT2D eigenvalue weighted by molar-refractivity contribution is -0.134. The second kappa shape index (κ2) is 6.94. The van der Waals surface area contributed by atoms with Gasteiger partial charge in [-0.25, -0.2) is 0 Å². The SMILES string of the molecule is COC1=C/C(=C2\OC(CN3CCOCC3)=CC(=O)C2=O)C=CC1=O. The fourth-order valence-corrected chi connectivity index (χ4v) is 2.59. The third-order valence-corrected chi connectivity index (χ3v) is 3.86. The lowest BCUT2D eigenvalue weighted by Gasteiger charge is -2.28. The van der Waals surface area contributed by atoms with Crippen LogP contribution < -0.4 is 0 Å². The lowest BCUT2D eigenvalue weighted by Crippen LogP contribution is -2.38. The first-order chi connectivity index (χ1) is 11.6. The number of allylic oxidation sites excluding steroid dienone is 6. The van der Waals surface area contributed by atoms with Crippen LogP contribution in [0.4, 0.5) is 0 Å². The zero-order valence-corrected chi connectivity index (χ0v) is 13.2. The van der Waals surface area contributed by atoms with Crippen LogP contribution in [0.3, 0.4) is 0 Å². The highest BCUT2D eigenvalue weighted by Crippen LogP contribution is 2.24. The Morgan fingerprint density at radius 3 is 2.54 bits per heavy atom. The van der Waals surface area contributed by atoms with Gasteiger partial charge >= 0.3 is 0 Å². The molecule has 3 rings (SSSR count). The highest BCUT2D eigenvalue weighted by Gasteiger charge is 2.30. The molecule has 0 bridgehead atoms. The minimum atomic E-state index is -0.735. The summed E-state index contributed by atoms with van der Waals surface area (Å²) in [6, 6.07) is 0. The number of ether oxygens (including phenoxy) is 3. The second-order valence-corrected chi connectivity index (χ2v) is 5.49. The van der Waals surface area contributed by atoms with E-state index in [1.54, 1.807) is 0 Å². The molecule has 3 aliphatic rings. The van der Waals surface area contributed by atoms with Crippen molar-refractivity contribution in [2.75, 3.05) is 40.0 Å². The molecule has 24 heavy (non-hydrogen) atoms. The van der Waals surface area contributed by atoms with Crippen LogP contribution in [0.15, 0.2) is 47.2 Å². The number of carbonyl (C=O) groups is 3. The van der Waals surface area contributed by atoms with E-state index in [4.69, 9.17) is 14.2 Å². The molecule has 0 aromatic rings. The van der Waals surface area contributed by atoms with Crippen LogP contribution in [0.25, 0.3) is 0 Å². The fourth-order valence-electron chi connectivity index (χ4n) is 2.59. The van der Waals surface area contributed by atoms with Crippen molar-refractivity contribution in [3.63, 3.8) is 0 Å². The Kier molecular flexibility index (Phi) is 4.73. The predicted molar refractivity (Wildman–Crippen MR) is 82.7 cm³/mol. The molecule has 7 heteroatoms. The van der Waals surface area contributed by atoms with Crippen molar-refractivity contribution in [3.05, 3.63) is 47.2 Å². The van der Waals surface area contributed by atoms with Gasteiger partial charge in [-0.2, -0.15) is 0 Å². The number of ketones is 3. The number of rotatable bonds is 3. The van der Waals surface area contributed by atoms with Gasteiger partial charge in [0.05, 0.1) is 26.9 Å². The zero-order valence-electron chi connectivity index (χ0n) is 13.2. The highest BCUT2D eigenvalue weighted by molar-refractivity contribution is 6.47. The van der Waals surface area contributed by atoms with E-state index in [0.717, 1.165) is 13.1 Å². The van der Waals surface area contributed by atoms with Gasteiger partial charge in [-0.15, -0.1) is 0 Å². The molecule has 2 aliphatic heterocycles. The number of hydrogen-bond donors (Lipinski definition) is 0. The fraction of sp³-hybridized carbons (Fsp3) is 0.353. The molecule has 0 aromatic heterocycles. The van der Waals surface area contributed by atoms with E-state index in [-0.39, 0.29) is 17.3 Å². The second-order valence-electron chi connectivity index (χ2n) is 5.49. The monoisotopic (exact) mass is 331 g/mol. The van der Waals surface area contributed by atoms with Gasteiger partial charge in [-0.3, -0.25) is 19.3 Å². The van der Waals surface area contributed by atoms with Crippen LogP contribution in [-0.4, -0.2) is 62.2 Å². The molecule has 1 aliphatic carbocycles. The van der Waals surface area contributed by atoms with E-state index in [9.17, 15) is 14.4 Å². The zero-order chi connectivity index (χ0) is 17.1. The molecule has 1 fully saturated rings. The Labute approximate surface area is 138 Å². The quantitative estimate of drug-likeness (QED) is 0.543. The molecular formula is C17H17NO6. The normalized spacial score (nSPS) is 25.3. The first-order valence-electron chi connectivity index (χ1n) is 7.58. The number of hydrogen-bond acceptors (Lipinski definition) is 7. The predicted octanol–water partition coefficient (Wildman–Crippen LogP) is 0.294. The molecule has 0 amide bonds. The maximum absolute atomic E-state index is 12.1. The van der Waals surface area contributed by atoms with Crippen molar-refractivity contribution < 1.29 is 28.6 Å². The largest absolute Gasteiger partial charge is 0.493 e. The maximum Gasteiger partial charge on any atom is 0.268 e. The molecule has 7 nitrogen and oxygen atoms in total. The van der Waals surface area contributed by atoms with Gasteiger partial charge in [-0.1, -0.05) is 0 Å². The Balaban J connectivity index is 1.85. The van der Waals surface area contributed by atoms with E-state index in [2.05, 4.69) is 4.90 Å². The van der Waals surface area contributed by atoms with E-state index < -0.39 is 11.6 Å². The van der Waals surface area contributed by atoms with Crippen LogP contribution in [0, 0.1) is 0 Å². The summed E-state index contributed by atoms with van der Waals surface area (Å²) in [4.78, 5) is 37.8. The van der Waals surface area contributed by atoms with Gasteiger partial charge in [0, 0.05) is 24.7 Å². The van der Waals surface area contributed by atoms with E-state index in [1.165, 1.54) is 31.4 Å². The number of nitrogens with zero attached hydrogens (tertiary/aromatic N) is 1. The van der Waals surface area contributed by atoms with E-state index in [0.29, 0.717) is 31.1 Å². The number of carbonyl (C=O) groups excluding carboxylic acids is 3. The molecule has 0 spiro atoms. The summed E-state index contributed by atoms with van der Waals surface area (Å²) < 4.78 is 15.9. The molecule has 0 radical (unpaired) electrons. The van der Waals surface area contributed by atoms with Gasteiger partial charge in [0.1, 0.15) is 5.76 Å². The summed E-state index contributed by atoms with van der Waals surface area (Å²) in [5, 5.41) is 0. The lowest BCUT2D eigenvalue weighted by atomic mass is 10.0. The smallest absolute Gasteiger partial charge is 0.268 e. The van der Waals surface area contributed by atoms with Crippen molar-refractivity contribution in [1.82, 2.24) is 4.90 Å². The van der Waals surface area contributed by atoms with Gasteiger partial charge in [-0.05, 0) is 18.2 Å². The van der Waals surface area contributed by atoms with Crippen LogP contribution in [-0.2, 0) is 28.6 Å². The Morgan fingerprint density at radius 2 is 1.83 bits per heavy atom. The molecular weight excluding hydrogens is 314 g/mol. The molecule has 2 heterocycles. The van der Waals surface area contributed by atoms with Crippen molar-refractivity contribution in [3.8, 4) is 0 Å². The molecule has 1 saturated heterocycles. The number of morpholine rings is 1. The standard InChI is InChI=1S/C17H17NO6/c1-22-15-8-11(2-3-13(15)19)17-16(21)14(20)9-12(24-17)10-18-4-6-23-7-5-18/h2-3,8-9H,4-7,10H2,1H3/b17-11-. The first kappa shape index (κ1) is 16.4. The summed E-state index contributed by atoms with van der Waals surface area (Å²) in [6.45, 7) is 3.13. The van der Waals surface area contributed by atoms with Crippen LogP contribution in [0.5, 0.6) is 0 Å². The number of methoxy groups -OCH3 is 1. The van der Waals surface area contributed by atoms with Crippen molar-refractivity contribution in [2.45, 2.75) is 0 Å². The summed E-state index contributed by atoms with van der Waals surface area (Å²) in [5.74, 6) is -1.26. The van der Waals surface area contributed by atoms with Crippen molar-refractivity contribution in [1.29, 1.82) is 0 Å². The van der Waals surface area contributed by atoms with E-state index in [1.807, 2.05) is 0 Å². The Morgan fingerprint density at radius 1 is 1.08 bits per heavy atom. The highest BCUT2D eigenvalue weighted by atomic mass is 16.5.